The zero-order valence-electron chi connectivity index (χ0n) is 10.6. The predicted molar refractivity (Wildman–Crippen MR) is 61.4 cm³/mol. The normalized spacial score (nSPS) is 19.2. The summed E-state index contributed by atoms with van der Waals surface area (Å²) in [5.41, 5.74) is 0. The van der Waals surface area contributed by atoms with E-state index in [2.05, 4.69) is 4.74 Å². The van der Waals surface area contributed by atoms with E-state index in [1.165, 1.54) is 0 Å². The van der Waals surface area contributed by atoms with Crippen LogP contribution in [-0.4, -0.2) is 41.6 Å². The zero-order chi connectivity index (χ0) is 13.7. The first-order valence-electron chi connectivity index (χ1n) is 5.97. The average molecular weight is 255 g/mol. The molecule has 1 rings (SSSR count). The third kappa shape index (κ3) is 3.65. The molecule has 2 amide bonds. The van der Waals surface area contributed by atoms with E-state index in [1.54, 1.807) is 13.8 Å². The number of hydrogen-bond donors (Lipinski definition) is 0. The van der Waals surface area contributed by atoms with E-state index in [0.717, 1.165) is 4.90 Å². The average Bonchev–Trinajstić information content (AvgIpc) is 2.54. The van der Waals surface area contributed by atoms with Crippen molar-refractivity contribution in [3.63, 3.8) is 0 Å². The van der Waals surface area contributed by atoms with Crippen LogP contribution < -0.4 is 0 Å². The van der Waals surface area contributed by atoms with Gasteiger partial charge in [0.25, 0.3) is 0 Å². The molecule has 0 aromatic rings. The molecule has 18 heavy (non-hydrogen) atoms. The van der Waals surface area contributed by atoms with Crippen molar-refractivity contribution in [2.45, 2.75) is 33.1 Å². The number of ketones is 1. The number of hydrogen-bond acceptors (Lipinski definition) is 5. The smallest absolute Gasteiger partial charge is 0.306 e. The fourth-order valence-electron chi connectivity index (χ4n) is 1.74. The summed E-state index contributed by atoms with van der Waals surface area (Å²) in [5.74, 6) is -1.74. The van der Waals surface area contributed by atoms with Crippen LogP contribution in [0.3, 0.4) is 0 Å². The number of ether oxygens (including phenoxy) is 1. The predicted octanol–water partition coefficient (Wildman–Crippen LogP) is 0.294. The summed E-state index contributed by atoms with van der Waals surface area (Å²) in [7, 11) is 0. The quantitative estimate of drug-likeness (QED) is 0.503. The Morgan fingerprint density at radius 1 is 1.33 bits per heavy atom. The summed E-state index contributed by atoms with van der Waals surface area (Å²) in [5, 5.41) is 0. The van der Waals surface area contributed by atoms with Crippen LogP contribution in [0.5, 0.6) is 0 Å². The van der Waals surface area contributed by atoms with Gasteiger partial charge in [-0.3, -0.25) is 24.1 Å². The number of imide groups is 1. The van der Waals surface area contributed by atoms with Gasteiger partial charge in [0.05, 0.1) is 19.6 Å². The fraction of sp³-hybridized carbons (Fsp3) is 0.667. The number of carbonyl (C=O) groups is 4. The minimum atomic E-state index is -0.446. The lowest BCUT2D eigenvalue weighted by Crippen LogP contribution is -2.35. The van der Waals surface area contributed by atoms with Crippen molar-refractivity contribution in [1.82, 2.24) is 4.90 Å². The molecule has 1 aliphatic heterocycles. The summed E-state index contributed by atoms with van der Waals surface area (Å²) in [4.78, 5) is 46.6. The second-order valence-electron chi connectivity index (χ2n) is 4.27. The topological polar surface area (TPSA) is 80.8 Å². The molecule has 0 spiro atoms. The van der Waals surface area contributed by atoms with Crippen LogP contribution in [0.1, 0.15) is 33.1 Å². The van der Waals surface area contributed by atoms with Crippen molar-refractivity contribution < 1.29 is 23.9 Å². The Morgan fingerprint density at radius 3 is 2.50 bits per heavy atom. The molecule has 0 N–H and O–H groups in total. The van der Waals surface area contributed by atoms with Crippen LogP contribution >= 0.6 is 0 Å². The molecule has 0 saturated carbocycles. The number of nitrogens with zero attached hydrogens (tertiary/aromatic N) is 1. The molecule has 1 unspecified atom stereocenters. The lowest BCUT2D eigenvalue weighted by molar-refractivity contribution is -0.145. The maximum Gasteiger partial charge on any atom is 0.306 e. The second-order valence-corrected chi connectivity index (χ2v) is 4.27. The molecule has 1 saturated heterocycles. The van der Waals surface area contributed by atoms with E-state index >= 15 is 0 Å². The molecule has 1 aliphatic rings. The Hall–Kier alpha value is -1.72. The van der Waals surface area contributed by atoms with E-state index < -0.39 is 5.97 Å². The summed E-state index contributed by atoms with van der Waals surface area (Å²) in [6, 6.07) is 0. The maximum absolute atomic E-state index is 11.6. The van der Waals surface area contributed by atoms with Crippen molar-refractivity contribution in [3.8, 4) is 0 Å². The Balaban J connectivity index is 2.39. The van der Waals surface area contributed by atoms with Crippen LogP contribution in [0.2, 0.25) is 0 Å². The van der Waals surface area contributed by atoms with Crippen LogP contribution in [0, 0.1) is 5.92 Å². The summed E-state index contributed by atoms with van der Waals surface area (Å²) in [6.07, 6.45) is 0.132. The SMILES string of the molecule is CCOC(=O)CCC(=O)CN1C(=O)CC(C)C1=O. The van der Waals surface area contributed by atoms with Crippen LogP contribution in [0.4, 0.5) is 0 Å². The minimum absolute atomic E-state index is 0.00965. The number of likely N-dealkylation sites (tertiary alicyclic amines) is 1. The van der Waals surface area contributed by atoms with E-state index in [9.17, 15) is 19.2 Å². The van der Waals surface area contributed by atoms with Gasteiger partial charge in [-0.2, -0.15) is 0 Å². The molecule has 1 fully saturated rings. The Labute approximate surface area is 105 Å². The van der Waals surface area contributed by atoms with Crippen molar-refractivity contribution in [1.29, 1.82) is 0 Å². The Kier molecular flexibility index (Phi) is 5.00. The Morgan fingerprint density at radius 2 is 2.00 bits per heavy atom. The monoisotopic (exact) mass is 255 g/mol. The number of Topliss-reactive ketones (excluding diaryl/α,β-unsaturated/α-hetero) is 1. The van der Waals surface area contributed by atoms with Crippen molar-refractivity contribution >= 4 is 23.6 Å². The minimum Gasteiger partial charge on any atom is -0.466 e. The first kappa shape index (κ1) is 14.3. The van der Waals surface area contributed by atoms with Gasteiger partial charge >= 0.3 is 5.97 Å². The highest BCUT2D eigenvalue weighted by Crippen LogP contribution is 2.18. The second kappa shape index (κ2) is 6.28. The van der Waals surface area contributed by atoms with Gasteiger partial charge in [-0.05, 0) is 6.92 Å². The van der Waals surface area contributed by atoms with E-state index in [0.29, 0.717) is 0 Å². The Bertz CT molecular complexity index is 377. The highest BCUT2D eigenvalue weighted by Gasteiger charge is 2.36. The molecule has 6 heteroatoms. The highest BCUT2D eigenvalue weighted by molar-refractivity contribution is 6.06. The lowest BCUT2D eigenvalue weighted by atomic mass is 10.1. The number of esters is 1. The molecular weight excluding hydrogens is 238 g/mol. The van der Waals surface area contributed by atoms with Gasteiger partial charge in [0, 0.05) is 18.8 Å². The molecule has 6 nitrogen and oxygen atoms in total. The number of amides is 2. The molecule has 0 aromatic heterocycles. The first-order chi connectivity index (χ1) is 8.45. The third-order valence-corrected chi connectivity index (χ3v) is 2.72. The van der Waals surface area contributed by atoms with Crippen molar-refractivity contribution in [2.75, 3.05) is 13.2 Å². The molecule has 1 heterocycles. The van der Waals surface area contributed by atoms with Gasteiger partial charge in [-0.1, -0.05) is 6.92 Å². The van der Waals surface area contributed by atoms with Gasteiger partial charge in [0.1, 0.15) is 0 Å². The number of rotatable bonds is 6. The van der Waals surface area contributed by atoms with Gasteiger partial charge in [-0.25, -0.2) is 0 Å². The molecule has 1 atom stereocenters. The summed E-state index contributed by atoms with van der Waals surface area (Å²) < 4.78 is 4.68. The molecule has 0 aromatic carbocycles. The van der Waals surface area contributed by atoms with Crippen LogP contribution in [0.25, 0.3) is 0 Å². The van der Waals surface area contributed by atoms with Gasteiger partial charge in [-0.15, -0.1) is 0 Å². The van der Waals surface area contributed by atoms with Gasteiger partial charge in [0.15, 0.2) is 5.78 Å². The highest BCUT2D eigenvalue weighted by atomic mass is 16.5. The van der Waals surface area contributed by atoms with E-state index in [4.69, 9.17) is 0 Å². The van der Waals surface area contributed by atoms with E-state index in [-0.39, 0.29) is 55.9 Å². The largest absolute Gasteiger partial charge is 0.466 e. The lowest BCUT2D eigenvalue weighted by Gasteiger charge is -2.12. The van der Waals surface area contributed by atoms with Gasteiger partial charge in [0.2, 0.25) is 11.8 Å². The molecular formula is C12H17NO5. The number of carbonyl (C=O) groups excluding carboxylic acids is 4. The fourth-order valence-corrected chi connectivity index (χ4v) is 1.74. The molecule has 100 valence electrons. The van der Waals surface area contributed by atoms with Crippen molar-refractivity contribution in [2.24, 2.45) is 5.92 Å². The molecule has 0 bridgehead atoms. The van der Waals surface area contributed by atoms with Crippen LogP contribution in [0.15, 0.2) is 0 Å². The summed E-state index contributed by atoms with van der Waals surface area (Å²) >= 11 is 0. The van der Waals surface area contributed by atoms with E-state index in [1.807, 2.05) is 0 Å². The zero-order valence-corrected chi connectivity index (χ0v) is 10.6. The van der Waals surface area contributed by atoms with Crippen molar-refractivity contribution in [3.05, 3.63) is 0 Å². The standard InChI is InChI=1S/C12H17NO5/c1-3-18-11(16)5-4-9(14)7-13-10(15)6-8(2)12(13)17/h8H,3-7H2,1-2H3. The van der Waals surface area contributed by atoms with Crippen LogP contribution in [-0.2, 0) is 23.9 Å². The molecule has 0 aliphatic carbocycles. The third-order valence-electron chi connectivity index (χ3n) is 2.72. The first-order valence-corrected chi connectivity index (χ1v) is 5.97. The molecule has 0 radical (unpaired) electrons. The van der Waals surface area contributed by atoms with Gasteiger partial charge < -0.3 is 4.74 Å². The maximum atomic E-state index is 11.6. The summed E-state index contributed by atoms with van der Waals surface area (Å²) in [6.45, 7) is 3.38.